The van der Waals surface area contributed by atoms with E-state index in [4.69, 9.17) is 11.6 Å². The van der Waals surface area contributed by atoms with Crippen LogP contribution in [0.2, 0.25) is 4.34 Å². The predicted octanol–water partition coefficient (Wildman–Crippen LogP) is 5.04. The quantitative estimate of drug-likeness (QED) is 0.773. The van der Waals surface area contributed by atoms with Gasteiger partial charge >= 0.3 is 0 Å². The Kier molecular flexibility index (Phi) is 3.40. The number of aromatic nitrogens is 3. The van der Waals surface area contributed by atoms with Crippen molar-refractivity contribution in [3.63, 3.8) is 0 Å². The minimum absolute atomic E-state index is 0.0685. The lowest BCUT2D eigenvalue weighted by molar-refractivity contribution is 0.116. The summed E-state index contributed by atoms with van der Waals surface area (Å²) in [7, 11) is 0. The third-order valence-corrected chi connectivity index (χ3v) is 6.33. The normalized spacial score (nSPS) is 28.0. The first kappa shape index (κ1) is 15.6. The van der Waals surface area contributed by atoms with Crippen LogP contribution in [0.1, 0.15) is 69.0 Å². The van der Waals surface area contributed by atoms with Crippen LogP contribution < -0.4 is 0 Å². The fourth-order valence-electron chi connectivity index (χ4n) is 3.57. The van der Waals surface area contributed by atoms with Crippen molar-refractivity contribution in [3.05, 3.63) is 33.0 Å². The molecule has 2 aromatic rings. The summed E-state index contributed by atoms with van der Waals surface area (Å²) >= 11 is 7.69. The highest BCUT2D eigenvalue weighted by Gasteiger charge is 2.53. The topological polar surface area (TPSA) is 30.7 Å². The van der Waals surface area contributed by atoms with Gasteiger partial charge in [0.05, 0.1) is 9.75 Å². The molecule has 4 rings (SSSR count). The standard InChI is InChI=1S/C17H21ClFN3S/c1-16(2,3)14-20-21-15(22(14)11-4-5-11)17(8-10(19)9-17)12-6-7-13(18)23-12/h6-7,10-11H,4-5,8-9H2,1-3H3/t10-,17-. The van der Waals surface area contributed by atoms with Crippen LogP contribution >= 0.6 is 22.9 Å². The molecule has 2 aliphatic rings. The van der Waals surface area contributed by atoms with Gasteiger partial charge in [0.25, 0.3) is 0 Å². The second-order valence-electron chi connectivity index (χ2n) is 7.89. The van der Waals surface area contributed by atoms with E-state index in [2.05, 4.69) is 35.5 Å². The molecule has 6 heteroatoms. The SMILES string of the molecule is CC(C)(C)c1nnc([C@]2(c3ccc(Cl)s3)C[C@@H](F)C2)n1C1CC1. The molecule has 0 amide bonds. The van der Waals surface area contributed by atoms with Crippen molar-refractivity contribution in [3.8, 4) is 0 Å². The van der Waals surface area contributed by atoms with Gasteiger partial charge in [0.2, 0.25) is 0 Å². The van der Waals surface area contributed by atoms with E-state index in [0.29, 0.717) is 18.9 Å². The number of halogens is 2. The monoisotopic (exact) mass is 353 g/mol. The molecule has 0 atom stereocenters. The Bertz CT molecular complexity index is 735. The molecule has 2 fully saturated rings. The second kappa shape index (κ2) is 5.03. The Balaban J connectivity index is 1.86. The lowest BCUT2D eigenvalue weighted by atomic mass is 9.65. The molecular formula is C17H21ClFN3S. The maximum atomic E-state index is 13.9. The van der Waals surface area contributed by atoms with E-state index in [-0.39, 0.29) is 10.8 Å². The summed E-state index contributed by atoms with van der Waals surface area (Å²) in [4.78, 5) is 1.12. The van der Waals surface area contributed by atoms with Gasteiger partial charge in [-0.1, -0.05) is 32.4 Å². The van der Waals surface area contributed by atoms with E-state index in [1.807, 2.05) is 12.1 Å². The molecule has 0 spiro atoms. The van der Waals surface area contributed by atoms with Crippen molar-refractivity contribution >= 4 is 22.9 Å². The highest BCUT2D eigenvalue weighted by molar-refractivity contribution is 7.16. The number of rotatable bonds is 3. The molecular weight excluding hydrogens is 333 g/mol. The van der Waals surface area contributed by atoms with E-state index in [9.17, 15) is 4.39 Å². The van der Waals surface area contributed by atoms with Gasteiger partial charge in [-0.15, -0.1) is 21.5 Å². The number of alkyl halides is 1. The summed E-state index contributed by atoms with van der Waals surface area (Å²) in [6.07, 6.45) is 2.53. The van der Waals surface area contributed by atoms with Crippen molar-refractivity contribution < 1.29 is 4.39 Å². The lowest BCUT2D eigenvalue weighted by Gasteiger charge is -2.43. The molecule has 0 N–H and O–H groups in total. The average Bonchev–Trinajstić information content (AvgIpc) is 3.00. The van der Waals surface area contributed by atoms with Gasteiger partial charge in [0, 0.05) is 16.3 Å². The number of hydrogen-bond acceptors (Lipinski definition) is 3. The third kappa shape index (κ3) is 2.43. The van der Waals surface area contributed by atoms with Gasteiger partial charge in [-0.2, -0.15) is 0 Å². The van der Waals surface area contributed by atoms with Gasteiger partial charge in [0.1, 0.15) is 17.8 Å². The smallest absolute Gasteiger partial charge is 0.145 e. The molecule has 0 radical (unpaired) electrons. The minimum Gasteiger partial charge on any atom is -0.311 e. The van der Waals surface area contributed by atoms with Gasteiger partial charge in [0.15, 0.2) is 0 Å². The van der Waals surface area contributed by atoms with E-state index in [1.54, 1.807) is 11.3 Å². The molecule has 0 aliphatic heterocycles. The summed E-state index contributed by atoms with van der Waals surface area (Å²) in [5.41, 5.74) is -0.419. The van der Waals surface area contributed by atoms with E-state index < -0.39 is 6.17 Å². The van der Waals surface area contributed by atoms with Crippen molar-refractivity contribution in [2.75, 3.05) is 0 Å². The van der Waals surface area contributed by atoms with Crippen LogP contribution in [0, 0.1) is 0 Å². The molecule has 2 aliphatic carbocycles. The zero-order valence-electron chi connectivity index (χ0n) is 13.6. The Labute approximate surface area is 144 Å². The zero-order valence-corrected chi connectivity index (χ0v) is 15.2. The third-order valence-electron chi connectivity index (χ3n) is 4.89. The second-order valence-corrected chi connectivity index (χ2v) is 9.60. The van der Waals surface area contributed by atoms with Crippen molar-refractivity contribution in [1.29, 1.82) is 0 Å². The fourth-order valence-corrected chi connectivity index (χ4v) is 4.82. The van der Waals surface area contributed by atoms with E-state index in [1.165, 1.54) is 0 Å². The maximum absolute atomic E-state index is 13.9. The van der Waals surface area contributed by atoms with Gasteiger partial charge in [-0.3, -0.25) is 0 Å². The highest BCUT2D eigenvalue weighted by atomic mass is 35.5. The molecule has 2 heterocycles. The van der Waals surface area contributed by atoms with Crippen LogP contribution in [0.3, 0.4) is 0 Å². The molecule has 124 valence electrons. The number of nitrogens with zero attached hydrogens (tertiary/aromatic N) is 3. The Morgan fingerprint density at radius 2 is 1.96 bits per heavy atom. The average molecular weight is 354 g/mol. The van der Waals surface area contributed by atoms with Gasteiger partial charge < -0.3 is 4.57 Å². The first-order valence-corrected chi connectivity index (χ1v) is 9.36. The van der Waals surface area contributed by atoms with Crippen LogP contribution in [-0.2, 0) is 10.8 Å². The van der Waals surface area contributed by atoms with Crippen LogP contribution in [0.4, 0.5) is 4.39 Å². The Morgan fingerprint density at radius 1 is 1.26 bits per heavy atom. The van der Waals surface area contributed by atoms with E-state index in [0.717, 1.165) is 33.7 Å². The molecule has 0 saturated heterocycles. The predicted molar refractivity (Wildman–Crippen MR) is 91.2 cm³/mol. The maximum Gasteiger partial charge on any atom is 0.145 e. The van der Waals surface area contributed by atoms with Crippen LogP contribution in [0.15, 0.2) is 12.1 Å². The molecule has 2 aromatic heterocycles. The Hall–Kier alpha value is -0.940. The molecule has 0 aromatic carbocycles. The van der Waals surface area contributed by atoms with Crippen molar-refractivity contribution in [2.45, 2.75) is 69.5 Å². The summed E-state index contributed by atoms with van der Waals surface area (Å²) in [6, 6.07) is 4.40. The number of hydrogen-bond donors (Lipinski definition) is 0. The zero-order chi connectivity index (χ0) is 16.4. The molecule has 2 saturated carbocycles. The largest absolute Gasteiger partial charge is 0.311 e. The van der Waals surface area contributed by atoms with Gasteiger partial charge in [-0.25, -0.2) is 4.39 Å². The summed E-state index contributed by atoms with van der Waals surface area (Å²) in [6.45, 7) is 6.48. The minimum atomic E-state index is -0.765. The number of thiophene rings is 1. The van der Waals surface area contributed by atoms with Gasteiger partial charge in [-0.05, 0) is 37.8 Å². The highest BCUT2D eigenvalue weighted by Crippen LogP contribution is 2.54. The molecule has 0 unspecified atom stereocenters. The molecule has 3 nitrogen and oxygen atoms in total. The first-order chi connectivity index (χ1) is 10.8. The van der Waals surface area contributed by atoms with Crippen molar-refractivity contribution in [1.82, 2.24) is 14.8 Å². The summed E-state index contributed by atoms with van der Waals surface area (Å²) in [5, 5.41) is 9.08. The van der Waals surface area contributed by atoms with Crippen molar-refractivity contribution in [2.24, 2.45) is 0 Å². The molecule has 23 heavy (non-hydrogen) atoms. The van der Waals surface area contributed by atoms with E-state index >= 15 is 0 Å². The van der Waals surface area contributed by atoms with Crippen LogP contribution in [0.25, 0.3) is 0 Å². The molecule has 0 bridgehead atoms. The Morgan fingerprint density at radius 3 is 2.43 bits per heavy atom. The van der Waals surface area contributed by atoms with Crippen LogP contribution in [0.5, 0.6) is 0 Å². The van der Waals surface area contributed by atoms with Crippen LogP contribution in [-0.4, -0.2) is 20.9 Å². The first-order valence-electron chi connectivity index (χ1n) is 8.17. The lowest BCUT2D eigenvalue weighted by Crippen LogP contribution is -2.45. The fraction of sp³-hybridized carbons (Fsp3) is 0.647. The summed E-state index contributed by atoms with van der Waals surface area (Å²) < 4.78 is 16.9. The summed E-state index contributed by atoms with van der Waals surface area (Å²) in [5.74, 6) is 1.96.